The smallest absolute Gasteiger partial charge is 0.261 e. The summed E-state index contributed by atoms with van der Waals surface area (Å²) in [6.45, 7) is 4.55. The van der Waals surface area contributed by atoms with Crippen molar-refractivity contribution < 1.29 is 13.2 Å². The highest BCUT2D eigenvalue weighted by molar-refractivity contribution is 8.13. The van der Waals surface area contributed by atoms with Crippen LogP contribution < -0.4 is 4.74 Å². The summed E-state index contributed by atoms with van der Waals surface area (Å²) >= 11 is 0. The number of hydrogen-bond donors (Lipinski definition) is 0. The molecular formula is C13H15ClN2O3S. The molecule has 5 nitrogen and oxygen atoms in total. The third-order valence-corrected chi connectivity index (χ3v) is 4.45. The van der Waals surface area contributed by atoms with Crippen molar-refractivity contribution in [3.63, 3.8) is 0 Å². The van der Waals surface area contributed by atoms with E-state index in [-0.39, 0.29) is 4.90 Å². The molecule has 108 valence electrons. The molecule has 0 spiro atoms. The minimum Gasteiger partial charge on any atom is -0.492 e. The first-order chi connectivity index (χ1) is 9.38. The number of nitrogens with zero attached hydrogens (tertiary/aromatic N) is 2. The van der Waals surface area contributed by atoms with E-state index in [1.165, 1.54) is 0 Å². The van der Waals surface area contributed by atoms with E-state index in [2.05, 4.69) is 4.98 Å². The fourth-order valence-corrected chi connectivity index (χ4v) is 3.68. The molecule has 0 amide bonds. The zero-order valence-electron chi connectivity index (χ0n) is 11.2. The number of rotatable bonds is 5. The van der Waals surface area contributed by atoms with Crippen LogP contribution in [0, 0.1) is 13.8 Å². The van der Waals surface area contributed by atoms with Crippen LogP contribution in [0.15, 0.2) is 35.7 Å². The summed E-state index contributed by atoms with van der Waals surface area (Å²) < 4.78 is 30.5. The van der Waals surface area contributed by atoms with Crippen LogP contribution in [-0.2, 0) is 15.6 Å². The molecule has 0 aliphatic heterocycles. The standard InChI is InChI=1S/C13H15ClN2O3S/c1-10-7-12(8-11(2)13(10)20(14,17)18)19-6-5-16-4-3-15-9-16/h3-4,7-9H,5-6H2,1-2H3. The van der Waals surface area contributed by atoms with E-state index in [0.29, 0.717) is 30.0 Å². The highest BCUT2D eigenvalue weighted by Crippen LogP contribution is 2.28. The van der Waals surface area contributed by atoms with E-state index in [4.69, 9.17) is 15.4 Å². The maximum Gasteiger partial charge on any atom is 0.261 e. The summed E-state index contributed by atoms with van der Waals surface area (Å²) in [4.78, 5) is 4.09. The Labute approximate surface area is 122 Å². The monoisotopic (exact) mass is 314 g/mol. The summed E-state index contributed by atoms with van der Waals surface area (Å²) in [6.07, 6.45) is 5.26. The van der Waals surface area contributed by atoms with Crippen molar-refractivity contribution in [1.82, 2.24) is 9.55 Å². The summed E-state index contributed by atoms with van der Waals surface area (Å²) in [6, 6.07) is 3.35. The molecular weight excluding hydrogens is 300 g/mol. The van der Waals surface area contributed by atoms with Crippen molar-refractivity contribution in [2.24, 2.45) is 0 Å². The van der Waals surface area contributed by atoms with Gasteiger partial charge in [-0.05, 0) is 37.1 Å². The molecule has 0 fully saturated rings. The molecule has 1 aromatic heterocycles. The highest BCUT2D eigenvalue weighted by Gasteiger charge is 2.17. The zero-order chi connectivity index (χ0) is 14.8. The molecule has 20 heavy (non-hydrogen) atoms. The van der Waals surface area contributed by atoms with Gasteiger partial charge in [0.25, 0.3) is 9.05 Å². The Morgan fingerprint density at radius 1 is 1.30 bits per heavy atom. The van der Waals surface area contributed by atoms with Gasteiger partial charge in [-0.15, -0.1) is 0 Å². The molecule has 7 heteroatoms. The van der Waals surface area contributed by atoms with Crippen molar-refractivity contribution in [1.29, 1.82) is 0 Å². The number of ether oxygens (including phenoxy) is 1. The molecule has 0 bridgehead atoms. The quantitative estimate of drug-likeness (QED) is 0.796. The number of benzene rings is 1. The third kappa shape index (κ3) is 3.52. The minimum absolute atomic E-state index is 0.154. The molecule has 0 aliphatic rings. The topological polar surface area (TPSA) is 61.2 Å². The summed E-state index contributed by atoms with van der Waals surface area (Å²) in [5.41, 5.74) is 1.16. The Hall–Kier alpha value is -1.53. The normalized spacial score (nSPS) is 11.6. The number of halogens is 1. The van der Waals surface area contributed by atoms with Crippen molar-refractivity contribution in [2.45, 2.75) is 25.3 Å². The lowest BCUT2D eigenvalue weighted by Gasteiger charge is -2.11. The zero-order valence-corrected chi connectivity index (χ0v) is 12.8. The van der Waals surface area contributed by atoms with Crippen molar-refractivity contribution in [2.75, 3.05) is 6.61 Å². The fourth-order valence-electron chi connectivity index (χ4n) is 2.07. The molecule has 0 radical (unpaired) electrons. The van der Waals surface area contributed by atoms with Crippen LogP contribution in [-0.4, -0.2) is 24.6 Å². The Morgan fingerprint density at radius 2 is 1.95 bits per heavy atom. The van der Waals surface area contributed by atoms with Crippen LogP contribution in [0.3, 0.4) is 0 Å². The first kappa shape index (κ1) is 14.9. The average molecular weight is 315 g/mol. The summed E-state index contributed by atoms with van der Waals surface area (Å²) in [5, 5.41) is 0. The first-order valence-corrected chi connectivity index (χ1v) is 8.33. The maximum atomic E-state index is 11.5. The molecule has 1 aromatic carbocycles. The van der Waals surface area contributed by atoms with Gasteiger partial charge in [-0.2, -0.15) is 0 Å². The SMILES string of the molecule is Cc1cc(OCCn2ccnc2)cc(C)c1S(=O)(=O)Cl. The van der Waals surface area contributed by atoms with Gasteiger partial charge in [-0.25, -0.2) is 13.4 Å². The highest BCUT2D eigenvalue weighted by atomic mass is 35.7. The molecule has 0 aliphatic carbocycles. The molecule has 0 saturated carbocycles. The molecule has 2 aromatic rings. The predicted molar refractivity (Wildman–Crippen MR) is 76.7 cm³/mol. The molecule has 0 atom stereocenters. The van der Waals surface area contributed by atoms with Gasteiger partial charge in [-0.3, -0.25) is 0 Å². The van der Waals surface area contributed by atoms with Gasteiger partial charge < -0.3 is 9.30 Å². The van der Waals surface area contributed by atoms with Crippen LogP contribution in [0.25, 0.3) is 0 Å². The fraction of sp³-hybridized carbons (Fsp3) is 0.308. The number of imidazole rings is 1. The minimum atomic E-state index is -3.73. The lowest BCUT2D eigenvalue weighted by molar-refractivity contribution is 0.297. The van der Waals surface area contributed by atoms with E-state index in [9.17, 15) is 8.42 Å². The third-order valence-electron chi connectivity index (χ3n) is 2.86. The van der Waals surface area contributed by atoms with Gasteiger partial charge in [0, 0.05) is 23.1 Å². The van der Waals surface area contributed by atoms with Crippen LogP contribution in [0.1, 0.15) is 11.1 Å². The lowest BCUT2D eigenvalue weighted by Crippen LogP contribution is -2.07. The average Bonchev–Trinajstić information content (AvgIpc) is 2.79. The largest absolute Gasteiger partial charge is 0.492 e. The molecule has 0 N–H and O–H groups in total. The van der Waals surface area contributed by atoms with Crippen LogP contribution in [0.4, 0.5) is 0 Å². The summed E-state index contributed by atoms with van der Waals surface area (Å²) in [7, 11) is 1.68. The van der Waals surface area contributed by atoms with E-state index in [0.717, 1.165) is 0 Å². The lowest BCUT2D eigenvalue weighted by atomic mass is 10.1. The number of aromatic nitrogens is 2. The second-order valence-electron chi connectivity index (χ2n) is 4.47. The van der Waals surface area contributed by atoms with Gasteiger partial charge in [-0.1, -0.05) is 0 Å². The van der Waals surface area contributed by atoms with Crippen molar-refractivity contribution in [3.8, 4) is 5.75 Å². The molecule has 0 saturated heterocycles. The van der Waals surface area contributed by atoms with E-state index in [1.807, 2.05) is 10.8 Å². The van der Waals surface area contributed by atoms with Crippen molar-refractivity contribution >= 4 is 19.7 Å². The summed E-state index contributed by atoms with van der Waals surface area (Å²) in [5.74, 6) is 0.629. The van der Waals surface area contributed by atoms with Gasteiger partial charge in [0.15, 0.2) is 0 Å². The molecule has 1 heterocycles. The Morgan fingerprint density at radius 3 is 2.45 bits per heavy atom. The van der Waals surface area contributed by atoms with Crippen molar-refractivity contribution in [3.05, 3.63) is 42.0 Å². The second kappa shape index (κ2) is 5.85. The second-order valence-corrected chi connectivity index (χ2v) is 6.98. The van der Waals surface area contributed by atoms with Gasteiger partial charge in [0.2, 0.25) is 0 Å². The van der Waals surface area contributed by atoms with E-state index < -0.39 is 9.05 Å². The van der Waals surface area contributed by atoms with Gasteiger partial charge in [0.1, 0.15) is 12.4 Å². The van der Waals surface area contributed by atoms with Crippen LogP contribution >= 0.6 is 10.7 Å². The first-order valence-electron chi connectivity index (χ1n) is 6.02. The van der Waals surface area contributed by atoms with Crippen LogP contribution in [0.2, 0.25) is 0 Å². The van der Waals surface area contributed by atoms with Gasteiger partial charge in [0.05, 0.1) is 17.8 Å². The predicted octanol–water partition coefficient (Wildman–Crippen LogP) is 2.51. The van der Waals surface area contributed by atoms with E-state index in [1.54, 1.807) is 38.5 Å². The van der Waals surface area contributed by atoms with Crippen LogP contribution in [0.5, 0.6) is 5.75 Å². The maximum absolute atomic E-state index is 11.5. The van der Waals surface area contributed by atoms with E-state index >= 15 is 0 Å². The molecule has 0 unspecified atom stereocenters. The Balaban J connectivity index is 2.11. The van der Waals surface area contributed by atoms with Gasteiger partial charge >= 0.3 is 0 Å². The molecule has 2 rings (SSSR count). The number of aryl methyl sites for hydroxylation is 2. The number of hydrogen-bond acceptors (Lipinski definition) is 4. The Bertz CT molecular complexity index is 673. The Kier molecular flexibility index (Phi) is 4.35.